The third-order valence-electron chi connectivity index (χ3n) is 5.53. The van der Waals surface area contributed by atoms with Crippen molar-refractivity contribution < 1.29 is 14.0 Å². The number of rotatable bonds is 3. The number of piperidine rings is 1. The molecule has 2 atom stereocenters. The molecule has 0 unspecified atom stereocenters. The lowest BCUT2D eigenvalue weighted by Gasteiger charge is -2.53. The molecule has 0 radical (unpaired) electrons. The molecule has 0 saturated carbocycles. The van der Waals surface area contributed by atoms with Crippen molar-refractivity contribution in [1.29, 1.82) is 0 Å². The summed E-state index contributed by atoms with van der Waals surface area (Å²) >= 11 is 6.03. The first kappa shape index (κ1) is 18.0. The highest BCUT2D eigenvalue weighted by molar-refractivity contribution is 6.31. The first-order valence-corrected chi connectivity index (χ1v) is 9.31. The van der Waals surface area contributed by atoms with E-state index in [4.69, 9.17) is 11.6 Å². The molecule has 2 aromatic rings. The normalized spacial score (nSPS) is 21.6. The average molecular weight is 391 g/mol. The Kier molecular flexibility index (Phi) is 4.63. The van der Waals surface area contributed by atoms with Crippen molar-refractivity contribution >= 4 is 23.4 Å². The van der Waals surface area contributed by atoms with Crippen molar-refractivity contribution in [2.45, 2.75) is 18.9 Å². The Labute approximate surface area is 161 Å². The minimum Gasteiger partial charge on any atom is -0.339 e. The van der Waals surface area contributed by atoms with Crippen LogP contribution in [-0.4, -0.2) is 56.8 Å². The molecule has 0 spiro atoms. The van der Waals surface area contributed by atoms with Gasteiger partial charge in [0.25, 0.3) is 5.91 Å². The van der Waals surface area contributed by atoms with Gasteiger partial charge in [-0.05, 0) is 24.1 Å². The number of benzene rings is 1. The van der Waals surface area contributed by atoms with E-state index in [2.05, 4.69) is 4.98 Å². The van der Waals surface area contributed by atoms with Crippen molar-refractivity contribution in [2.24, 2.45) is 13.0 Å². The number of fused-ring (bicyclic) bond motifs is 1. The number of hydrogen-bond acceptors (Lipinski definition) is 3. The molecular weight excluding hydrogens is 371 g/mol. The second-order valence-electron chi connectivity index (χ2n) is 7.22. The predicted molar refractivity (Wildman–Crippen MR) is 97.8 cm³/mol. The van der Waals surface area contributed by atoms with Crippen LogP contribution in [0.4, 0.5) is 4.39 Å². The van der Waals surface area contributed by atoms with Crippen LogP contribution >= 0.6 is 11.6 Å². The van der Waals surface area contributed by atoms with Gasteiger partial charge in [0, 0.05) is 43.7 Å². The highest BCUT2D eigenvalue weighted by Crippen LogP contribution is 2.33. The van der Waals surface area contributed by atoms with E-state index in [0.29, 0.717) is 36.8 Å². The van der Waals surface area contributed by atoms with Crippen molar-refractivity contribution in [1.82, 2.24) is 19.4 Å². The molecule has 2 saturated heterocycles. The van der Waals surface area contributed by atoms with Crippen LogP contribution in [0.3, 0.4) is 0 Å². The Hall–Kier alpha value is -2.41. The molecule has 0 aliphatic carbocycles. The summed E-state index contributed by atoms with van der Waals surface area (Å²) in [7, 11) is 1.80. The number of aryl methyl sites for hydroxylation is 1. The van der Waals surface area contributed by atoms with Gasteiger partial charge in [0.2, 0.25) is 5.91 Å². The van der Waals surface area contributed by atoms with Gasteiger partial charge in [0.1, 0.15) is 11.5 Å². The summed E-state index contributed by atoms with van der Waals surface area (Å²) < 4.78 is 14.9. The third-order valence-corrected chi connectivity index (χ3v) is 5.88. The van der Waals surface area contributed by atoms with Gasteiger partial charge < -0.3 is 14.4 Å². The lowest BCUT2D eigenvalue weighted by molar-refractivity contribution is -0.146. The molecule has 2 aliphatic heterocycles. The van der Waals surface area contributed by atoms with E-state index >= 15 is 0 Å². The van der Waals surface area contributed by atoms with Gasteiger partial charge in [0.05, 0.1) is 18.9 Å². The average Bonchev–Trinajstić information content (AvgIpc) is 3.04. The molecule has 1 aromatic carbocycles. The van der Waals surface area contributed by atoms with Crippen LogP contribution in [0.2, 0.25) is 5.02 Å². The summed E-state index contributed by atoms with van der Waals surface area (Å²) in [6.07, 6.45) is 4.12. The minimum atomic E-state index is -0.411. The van der Waals surface area contributed by atoms with Gasteiger partial charge in [0.15, 0.2) is 0 Å². The first-order chi connectivity index (χ1) is 12.9. The molecule has 1 aromatic heterocycles. The Bertz CT molecular complexity index is 900. The zero-order valence-electron chi connectivity index (χ0n) is 14.9. The second kappa shape index (κ2) is 6.96. The number of imidazole rings is 1. The Morgan fingerprint density at radius 2 is 2.15 bits per heavy atom. The summed E-state index contributed by atoms with van der Waals surface area (Å²) in [5.74, 6) is -0.137. The van der Waals surface area contributed by atoms with Crippen LogP contribution in [0, 0.1) is 11.7 Å². The molecule has 3 heterocycles. The Balaban J connectivity index is 1.36. The van der Waals surface area contributed by atoms with Crippen molar-refractivity contribution in [2.75, 3.05) is 19.6 Å². The van der Waals surface area contributed by atoms with Crippen LogP contribution in [0.5, 0.6) is 0 Å². The van der Waals surface area contributed by atoms with Crippen molar-refractivity contribution in [3.63, 3.8) is 0 Å². The summed E-state index contributed by atoms with van der Waals surface area (Å²) in [5, 5.41) is 0.275. The van der Waals surface area contributed by atoms with Crippen LogP contribution in [0.15, 0.2) is 30.7 Å². The van der Waals surface area contributed by atoms with E-state index in [0.717, 1.165) is 6.42 Å². The van der Waals surface area contributed by atoms with E-state index < -0.39 is 5.82 Å². The molecule has 8 heteroatoms. The molecule has 27 heavy (non-hydrogen) atoms. The number of halogens is 2. The van der Waals surface area contributed by atoms with E-state index in [1.165, 1.54) is 12.1 Å². The maximum Gasteiger partial charge on any atom is 0.272 e. The van der Waals surface area contributed by atoms with Crippen LogP contribution < -0.4 is 0 Å². The summed E-state index contributed by atoms with van der Waals surface area (Å²) in [4.78, 5) is 32.9. The van der Waals surface area contributed by atoms with Crippen LogP contribution in [0.1, 0.15) is 22.5 Å². The number of hydrogen-bond donors (Lipinski definition) is 0. The second-order valence-corrected chi connectivity index (χ2v) is 7.62. The maximum absolute atomic E-state index is 13.2. The molecule has 2 amide bonds. The summed E-state index contributed by atoms with van der Waals surface area (Å²) in [5.41, 5.74) is 1.21. The maximum atomic E-state index is 13.2. The van der Waals surface area contributed by atoms with Gasteiger partial charge in [-0.15, -0.1) is 0 Å². The van der Waals surface area contributed by atoms with E-state index in [1.54, 1.807) is 30.2 Å². The summed E-state index contributed by atoms with van der Waals surface area (Å²) in [6.45, 7) is 1.90. The number of nitrogens with zero attached hydrogens (tertiary/aromatic N) is 4. The van der Waals surface area contributed by atoms with Crippen LogP contribution in [-0.2, 0) is 18.3 Å². The quantitative estimate of drug-likeness (QED) is 0.806. The molecule has 4 rings (SSSR count). The fraction of sp³-hybridized carbons (Fsp3) is 0.421. The van der Waals surface area contributed by atoms with Gasteiger partial charge in [-0.25, -0.2) is 9.37 Å². The van der Waals surface area contributed by atoms with E-state index in [9.17, 15) is 14.0 Å². The predicted octanol–water partition coefficient (Wildman–Crippen LogP) is 2.13. The number of carbonyl (C=O) groups excluding carboxylic acids is 2. The SMILES string of the molecule is Cn1cncc1C(=O)N1CC[C@H]2[C@@H](C1)CN2C(=O)Cc1ccc(F)cc1Cl. The topological polar surface area (TPSA) is 58.4 Å². The fourth-order valence-corrected chi connectivity index (χ4v) is 4.22. The Morgan fingerprint density at radius 1 is 1.33 bits per heavy atom. The molecule has 0 N–H and O–H groups in total. The number of amides is 2. The van der Waals surface area contributed by atoms with Crippen molar-refractivity contribution in [3.05, 3.63) is 52.8 Å². The highest BCUT2D eigenvalue weighted by atomic mass is 35.5. The zero-order valence-corrected chi connectivity index (χ0v) is 15.7. The van der Waals surface area contributed by atoms with E-state index in [-0.39, 0.29) is 29.3 Å². The smallest absolute Gasteiger partial charge is 0.272 e. The lowest BCUT2D eigenvalue weighted by atomic mass is 9.82. The summed E-state index contributed by atoms with van der Waals surface area (Å²) in [6, 6.07) is 4.26. The number of likely N-dealkylation sites (tertiary alicyclic amines) is 2. The van der Waals surface area contributed by atoms with Gasteiger partial charge in [-0.1, -0.05) is 17.7 Å². The third kappa shape index (κ3) is 3.32. The number of carbonyl (C=O) groups is 2. The van der Waals surface area contributed by atoms with Gasteiger partial charge in [-0.3, -0.25) is 9.59 Å². The largest absolute Gasteiger partial charge is 0.339 e. The monoisotopic (exact) mass is 390 g/mol. The minimum absolute atomic E-state index is 0.00355. The number of aromatic nitrogens is 2. The van der Waals surface area contributed by atoms with Crippen molar-refractivity contribution in [3.8, 4) is 0 Å². The van der Waals surface area contributed by atoms with E-state index in [1.807, 2.05) is 9.80 Å². The molecule has 2 fully saturated rings. The molecule has 6 nitrogen and oxygen atoms in total. The molecular formula is C19H20ClFN4O2. The van der Waals surface area contributed by atoms with Crippen LogP contribution in [0.25, 0.3) is 0 Å². The van der Waals surface area contributed by atoms with Gasteiger partial charge in [-0.2, -0.15) is 0 Å². The highest BCUT2D eigenvalue weighted by Gasteiger charge is 2.45. The molecule has 2 aliphatic rings. The zero-order chi connectivity index (χ0) is 19.1. The Morgan fingerprint density at radius 3 is 2.81 bits per heavy atom. The fourth-order valence-electron chi connectivity index (χ4n) is 3.99. The first-order valence-electron chi connectivity index (χ1n) is 8.93. The van der Waals surface area contributed by atoms with Gasteiger partial charge >= 0.3 is 0 Å². The molecule has 142 valence electrons. The lowest BCUT2D eigenvalue weighted by Crippen LogP contribution is -2.65. The molecule has 0 bridgehead atoms. The standard InChI is InChI=1S/C19H20ClFN4O2/c1-23-11-22-8-17(23)19(27)24-5-4-16-13(9-24)10-25(16)18(26)6-12-2-3-14(21)7-15(12)20/h2-3,7-8,11,13,16H,4-6,9-10H2,1H3/t13-,16-/m0/s1.